The van der Waals surface area contributed by atoms with Crippen LogP contribution in [0.25, 0.3) is 11.5 Å². The van der Waals surface area contributed by atoms with Crippen molar-refractivity contribution in [3.63, 3.8) is 0 Å². The largest absolute Gasteiger partial charge is 0.462 e. The molecule has 3 rings (SSSR count). The fourth-order valence-electron chi connectivity index (χ4n) is 2.33. The van der Waals surface area contributed by atoms with Gasteiger partial charge in [-0.05, 0) is 31.5 Å². The topological polar surface area (TPSA) is 94.3 Å². The Bertz CT molecular complexity index is 953. The summed E-state index contributed by atoms with van der Waals surface area (Å²) < 4.78 is 10.6. The van der Waals surface area contributed by atoms with Gasteiger partial charge in [0.25, 0.3) is 5.22 Å². The van der Waals surface area contributed by atoms with E-state index in [4.69, 9.17) is 9.15 Å². The highest BCUT2D eigenvalue weighted by Crippen LogP contribution is 2.30. The van der Waals surface area contributed by atoms with Crippen LogP contribution in [0.3, 0.4) is 0 Å². The van der Waals surface area contributed by atoms with Gasteiger partial charge in [0, 0.05) is 10.4 Å². The lowest BCUT2D eigenvalue weighted by molar-refractivity contribution is -0.113. The van der Waals surface area contributed by atoms with Crippen molar-refractivity contribution in [3.8, 4) is 11.5 Å². The van der Waals surface area contributed by atoms with E-state index in [-0.39, 0.29) is 18.3 Å². The maximum absolute atomic E-state index is 12.3. The number of carbonyl (C=O) groups excluding carboxylic acids is 2. The third-order valence-electron chi connectivity index (χ3n) is 3.63. The fourth-order valence-corrected chi connectivity index (χ4v) is 3.89. The maximum Gasteiger partial charge on any atom is 0.341 e. The van der Waals surface area contributed by atoms with Gasteiger partial charge in [-0.2, -0.15) is 0 Å². The summed E-state index contributed by atoms with van der Waals surface area (Å²) in [5, 5.41) is 11.5. The number of carbonyl (C=O) groups is 2. The Hall–Kier alpha value is -2.65. The summed E-state index contributed by atoms with van der Waals surface area (Å²) in [6, 6.07) is 11.2. The number of nitrogens with zero attached hydrogens (tertiary/aromatic N) is 2. The number of thiophene rings is 1. The van der Waals surface area contributed by atoms with E-state index >= 15 is 0 Å². The molecule has 0 aliphatic heterocycles. The van der Waals surface area contributed by atoms with Gasteiger partial charge < -0.3 is 14.5 Å². The van der Waals surface area contributed by atoms with Crippen molar-refractivity contribution in [2.45, 2.75) is 25.5 Å². The van der Waals surface area contributed by atoms with Gasteiger partial charge in [0.1, 0.15) is 5.00 Å². The minimum absolute atomic E-state index is 0.0814. The number of hydrogen-bond acceptors (Lipinski definition) is 8. The average molecular weight is 418 g/mol. The number of aromatic nitrogens is 2. The monoisotopic (exact) mass is 417 g/mol. The molecular formula is C19H19N3O4S2. The minimum Gasteiger partial charge on any atom is -0.462 e. The molecule has 0 fully saturated rings. The number of amides is 1. The molecule has 9 heteroatoms. The summed E-state index contributed by atoms with van der Waals surface area (Å²) in [5.74, 6) is -0.220. The molecule has 7 nitrogen and oxygen atoms in total. The summed E-state index contributed by atoms with van der Waals surface area (Å²) in [6.45, 7) is 4.01. The molecule has 1 amide bonds. The molecule has 0 unspecified atom stereocenters. The summed E-state index contributed by atoms with van der Waals surface area (Å²) in [7, 11) is 0. The van der Waals surface area contributed by atoms with Gasteiger partial charge in [0.15, 0.2) is 0 Å². The molecule has 1 aromatic carbocycles. The van der Waals surface area contributed by atoms with Crippen LogP contribution in [0.4, 0.5) is 5.00 Å². The van der Waals surface area contributed by atoms with Crippen LogP contribution in [0.15, 0.2) is 46.0 Å². The highest BCUT2D eigenvalue weighted by Gasteiger charge is 2.19. The van der Waals surface area contributed by atoms with Gasteiger partial charge in [0.05, 0.1) is 17.9 Å². The second-order valence-corrected chi connectivity index (χ2v) is 7.67. The van der Waals surface area contributed by atoms with E-state index in [9.17, 15) is 9.59 Å². The summed E-state index contributed by atoms with van der Waals surface area (Å²) in [6.07, 6.45) is 0.770. The second-order valence-electron chi connectivity index (χ2n) is 5.61. The predicted molar refractivity (Wildman–Crippen MR) is 109 cm³/mol. The molecule has 0 saturated heterocycles. The first kappa shape index (κ1) is 20.1. The number of rotatable bonds is 8. The van der Waals surface area contributed by atoms with Crippen LogP contribution in [0.2, 0.25) is 0 Å². The third kappa shape index (κ3) is 4.99. The molecule has 0 spiro atoms. The first-order valence-corrected chi connectivity index (χ1v) is 10.5. The molecule has 0 bridgehead atoms. The van der Waals surface area contributed by atoms with Crippen LogP contribution in [0.5, 0.6) is 0 Å². The van der Waals surface area contributed by atoms with Crippen LogP contribution in [0.1, 0.15) is 29.1 Å². The van der Waals surface area contributed by atoms with Crippen molar-refractivity contribution in [1.82, 2.24) is 10.2 Å². The van der Waals surface area contributed by atoms with Gasteiger partial charge in [-0.25, -0.2) is 4.79 Å². The number of hydrogen-bond donors (Lipinski definition) is 1. The number of esters is 1. The number of aryl methyl sites for hydroxylation is 1. The van der Waals surface area contributed by atoms with Crippen LogP contribution in [-0.4, -0.2) is 34.4 Å². The molecule has 28 heavy (non-hydrogen) atoms. The van der Waals surface area contributed by atoms with Crippen molar-refractivity contribution in [2.24, 2.45) is 0 Å². The van der Waals surface area contributed by atoms with E-state index in [1.54, 1.807) is 13.0 Å². The molecule has 0 aliphatic rings. The van der Waals surface area contributed by atoms with Crippen LogP contribution >= 0.6 is 23.1 Å². The highest BCUT2D eigenvalue weighted by molar-refractivity contribution is 7.99. The van der Waals surface area contributed by atoms with Crippen LogP contribution in [0, 0.1) is 0 Å². The number of benzene rings is 1. The zero-order valence-electron chi connectivity index (χ0n) is 15.4. The fraction of sp³-hybridized carbons (Fsp3) is 0.263. The zero-order chi connectivity index (χ0) is 19.9. The highest BCUT2D eigenvalue weighted by atomic mass is 32.2. The van der Waals surface area contributed by atoms with Crippen LogP contribution < -0.4 is 5.32 Å². The van der Waals surface area contributed by atoms with Gasteiger partial charge in [0.2, 0.25) is 11.8 Å². The average Bonchev–Trinajstić information content (AvgIpc) is 3.34. The van der Waals surface area contributed by atoms with Gasteiger partial charge in [-0.1, -0.05) is 36.9 Å². The van der Waals surface area contributed by atoms with Crippen molar-refractivity contribution < 1.29 is 18.7 Å². The summed E-state index contributed by atoms with van der Waals surface area (Å²) in [5.41, 5.74) is 1.20. The second kappa shape index (κ2) is 9.52. The van der Waals surface area contributed by atoms with E-state index in [1.807, 2.05) is 37.3 Å². The Morgan fingerprint density at radius 3 is 2.71 bits per heavy atom. The summed E-state index contributed by atoms with van der Waals surface area (Å²) >= 11 is 2.51. The number of ether oxygens (including phenoxy) is 1. The van der Waals surface area contributed by atoms with E-state index < -0.39 is 5.97 Å². The van der Waals surface area contributed by atoms with Gasteiger partial charge in [-0.15, -0.1) is 21.5 Å². The standard InChI is InChI=1S/C19H19N3O4S2/c1-3-13-10-14(18(24)25-4-2)17(28-13)20-15(23)11-27-19-22-21-16(26-19)12-8-6-5-7-9-12/h5-10H,3-4,11H2,1-2H3,(H,20,23). The smallest absolute Gasteiger partial charge is 0.341 e. The lowest BCUT2D eigenvalue weighted by Gasteiger charge is -2.05. The Kier molecular flexibility index (Phi) is 6.83. The maximum atomic E-state index is 12.3. The van der Waals surface area contributed by atoms with E-state index in [0.717, 1.165) is 28.6 Å². The Balaban J connectivity index is 1.61. The molecule has 0 radical (unpaired) electrons. The molecular weight excluding hydrogens is 398 g/mol. The predicted octanol–water partition coefficient (Wildman–Crippen LogP) is 4.27. The lowest BCUT2D eigenvalue weighted by atomic mass is 10.2. The SMILES string of the molecule is CCOC(=O)c1cc(CC)sc1NC(=O)CSc1nnc(-c2ccccc2)o1. The Morgan fingerprint density at radius 1 is 1.21 bits per heavy atom. The molecule has 2 aromatic heterocycles. The lowest BCUT2D eigenvalue weighted by Crippen LogP contribution is -2.15. The molecule has 1 N–H and O–H groups in total. The van der Waals surface area contributed by atoms with Crippen molar-refractivity contribution in [3.05, 3.63) is 46.8 Å². The first-order chi connectivity index (χ1) is 13.6. The minimum atomic E-state index is -0.439. The Labute approximate surface area is 170 Å². The van der Waals surface area contributed by atoms with Crippen molar-refractivity contribution in [2.75, 3.05) is 17.7 Å². The first-order valence-electron chi connectivity index (χ1n) is 8.72. The normalized spacial score (nSPS) is 10.6. The summed E-state index contributed by atoms with van der Waals surface area (Å²) in [4.78, 5) is 25.4. The number of nitrogens with one attached hydrogen (secondary N) is 1. The zero-order valence-corrected chi connectivity index (χ0v) is 17.1. The quantitative estimate of drug-likeness (QED) is 0.432. The van der Waals surface area contributed by atoms with Crippen LogP contribution in [-0.2, 0) is 16.0 Å². The van der Waals surface area contributed by atoms with E-state index in [2.05, 4.69) is 15.5 Å². The number of anilines is 1. The number of thioether (sulfide) groups is 1. The molecule has 3 aromatic rings. The third-order valence-corrected chi connectivity index (χ3v) is 5.65. The van der Waals surface area contributed by atoms with E-state index in [1.165, 1.54) is 11.3 Å². The van der Waals surface area contributed by atoms with Crippen molar-refractivity contribution in [1.29, 1.82) is 0 Å². The molecule has 0 aliphatic carbocycles. The Morgan fingerprint density at radius 2 is 2.00 bits per heavy atom. The van der Waals surface area contributed by atoms with E-state index in [0.29, 0.717) is 21.7 Å². The molecule has 2 heterocycles. The molecule has 0 saturated carbocycles. The molecule has 146 valence electrons. The van der Waals surface area contributed by atoms with Crippen molar-refractivity contribution >= 4 is 40.0 Å². The molecule has 0 atom stereocenters. The van der Waals surface area contributed by atoms with Gasteiger partial charge in [-0.3, -0.25) is 4.79 Å². The van der Waals surface area contributed by atoms with Gasteiger partial charge >= 0.3 is 5.97 Å².